The second-order valence-corrected chi connectivity index (χ2v) is 13.0. The van der Waals surface area contributed by atoms with Crippen LogP contribution in [0.4, 0.5) is 5.69 Å². The zero-order valence-corrected chi connectivity index (χ0v) is 27.1. The van der Waals surface area contributed by atoms with Crippen molar-refractivity contribution < 1.29 is 22.7 Å². The number of hydrogen-bond acceptors (Lipinski definition) is 5. The lowest BCUT2D eigenvalue weighted by Gasteiger charge is -2.33. The van der Waals surface area contributed by atoms with Crippen LogP contribution in [0.1, 0.15) is 49.8 Å². The van der Waals surface area contributed by atoms with Crippen LogP contribution >= 0.6 is 11.6 Å². The maximum Gasteiger partial charge on any atom is 0.243 e. The number of amides is 2. The molecule has 2 amide bonds. The Morgan fingerprint density at radius 1 is 1.02 bits per heavy atom. The summed E-state index contributed by atoms with van der Waals surface area (Å²) in [6, 6.07) is 21.4. The number of carbonyl (C=O) groups excluding carboxylic acids is 2. The number of aryl methyl sites for hydroxylation is 1. The Hall–Kier alpha value is -3.56. The van der Waals surface area contributed by atoms with Crippen LogP contribution in [-0.2, 0) is 32.6 Å². The number of rotatable bonds is 15. The summed E-state index contributed by atoms with van der Waals surface area (Å²) in [5.74, 6) is -0.0171. The lowest BCUT2D eigenvalue weighted by molar-refractivity contribution is -0.141. The number of methoxy groups -OCH3 is 1. The Morgan fingerprint density at radius 2 is 1.70 bits per heavy atom. The first-order chi connectivity index (χ1) is 20.4. The van der Waals surface area contributed by atoms with Crippen molar-refractivity contribution in [3.05, 3.63) is 94.5 Å². The second kappa shape index (κ2) is 15.8. The highest BCUT2D eigenvalue weighted by atomic mass is 35.5. The summed E-state index contributed by atoms with van der Waals surface area (Å²) < 4.78 is 31.9. The van der Waals surface area contributed by atoms with Crippen LogP contribution < -0.4 is 14.4 Å². The largest absolute Gasteiger partial charge is 0.495 e. The Morgan fingerprint density at radius 3 is 2.30 bits per heavy atom. The van der Waals surface area contributed by atoms with Gasteiger partial charge in [0, 0.05) is 32.0 Å². The van der Waals surface area contributed by atoms with Gasteiger partial charge in [0.2, 0.25) is 21.8 Å². The first-order valence-electron chi connectivity index (χ1n) is 14.4. The standard InChI is InChI=1S/C33H42ClN3O5S/c1-6-25(3)35-33(39)30(21-26-14-8-7-9-15-26)36(23-27-16-11-10-13-24(27)2)32(38)17-12-20-37(43(5,40)41)28-18-19-31(42-4)29(34)22-28/h7-11,13-16,18-19,22,25,30H,6,12,17,20-21,23H2,1-5H3,(H,35,39)/t25-,30+/m0/s1. The van der Waals surface area contributed by atoms with Gasteiger partial charge in [-0.2, -0.15) is 0 Å². The van der Waals surface area contributed by atoms with E-state index >= 15 is 0 Å². The predicted molar refractivity (Wildman–Crippen MR) is 173 cm³/mol. The molecule has 0 unspecified atom stereocenters. The van der Waals surface area contributed by atoms with Gasteiger partial charge in [0.05, 0.1) is 24.1 Å². The zero-order valence-electron chi connectivity index (χ0n) is 25.5. The molecule has 3 aromatic rings. The Kier molecular flexibility index (Phi) is 12.5. The SMILES string of the molecule is CC[C@H](C)NC(=O)[C@@H](Cc1ccccc1)N(Cc1ccccc1C)C(=O)CCCN(c1ccc(OC)c(Cl)c1)S(C)(=O)=O. The molecule has 3 aromatic carbocycles. The summed E-state index contributed by atoms with van der Waals surface area (Å²) in [7, 11) is -2.18. The fourth-order valence-corrected chi connectivity index (χ4v) is 5.99. The Bertz CT molecular complexity index is 1480. The number of carbonyl (C=O) groups is 2. The van der Waals surface area contributed by atoms with Crippen LogP contribution in [0.5, 0.6) is 5.75 Å². The number of ether oxygens (including phenoxy) is 1. The number of nitrogens with one attached hydrogen (secondary N) is 1. The van der Waals surface area contributed by atoms with E-state index in [4.69, 9.17) is 16.3 Å². The van der Waals surface area contributed by atoms with Gasteiger partial charge < -0.3 is 15.0 Å². The van der Waals surface area contributed by atoms with E-state index in [1.165, 1.54) is 17.5 Å². The third-order valence-corrected chi connectivity index (χ3v) is 8.94. The van der Waals surface area contributed by atoms with Crippen molar-refractivity contribution in [1.82, 2.24) is 10.2 Å². The summed E-state index contributed by atoms with van der Waals surface area (Å²) in [5.41, 5.74) is 3.28. The highest BCUT2D eigenvalue weighted by Crippen LogP contribution is 2.30. The quantitative estimate of drug-likeness (QED) is 0.231. The van der Waals surface area contributed by atoms with Crippen LogP contribution in [0.3, 0.4) is 0 Å². The molecular formula is C33H42ClN3O5S. The van der Waals surface area contributed by atoms with E-state index in [1.807, 2.05) is 75.4 Å². The van der Waals surface area contributed by atoms with Crippen molar-refractivity contribution in [2.75, 3.05) is 24.2 Å². The minimum Gasteiger partial charge on any atom is -0.495 e. The number of sulfonamides is 1. The van der Waals surface area contributed by atoms with Gasteiger partial charge in [-0.3, -0.25) is 13.9 Å². The maximum atomic E-state index is 14.0. The van der Waals surface area contributed by atoms with E-state index in [2.05, 4.69) is 5.32 Å². The molecule has 10 heteroatoms. The van der Waals surface area contributed by atoms with Crippen molar-refractivity contribution in [2.24, 2.45) is 0 Å². The van der Waals surface area contributed by atoms with E-state index in [-0.39, 0.29) is 48.8 Å². The van der Waals surface area contributed by atoms with E-state index in [0.717, 1.165) is 29.4 Å². The van der Waals surface area contributed by atoms with Crippen molar-refractivity contribution >= 4 is 39.1 Å². The molecule has 0 aliphatic heterocycles. The molecule has 0 saturated carbocycles. The van der Waals surface area contributed by atoms with Gasteiger partial charge in [-0.15, -0.1) is 0 Å². The van der Waals surface area contributed by atoms with Crippen LogP contribution in [0.2, 0.25) is 5.02 Å². The van der Waals surface area contributed by atoms with E-state index < -0.39 is 16.1 Å². The molecule has 232 valence electrons. The summed E-state index contributed by atoms with van der Waals surface area (Å²) >= 11 is 6.27. The number of benzene rings is 3. The number of halogens is 1. The Balaban J connectivity index is 1.90. The molecule has 0 spiro atoms. The molecule has 0 aliphatic carbocycles. The van der Waals surface area contributed by atoms with Gasteiger partial charge in [-0.05, 0) is 61.6 Å². The molecule has 0 radical (unpaired) electrons. The fourth-order valence-electron chi connectivity index (χ4n) is 4.78. The average Bonchev–Trinajstić information content (AvgIpc) is 2.97. The summed E-state index contributed by atoms with van der Waals surface area (Å²) in [6.07, 6.45) is 2.51. The first-order valence-corrected chi connectivity index (χ1v) is 16.7. The highest BCUT2D eigenvalue weighted by Gasteiger charge is 2.31. The van der Waals surface area contributed by atoms with Crippen molar-refractivity contribution in [1.29, 1.82) is 0 Å². The summed E-state index contributed by atoms with van der Waals surface area (Å²) in [6.45, 7) is 6.23. The summed E-state index contributed by atoms with van der Waals surface area (Å²) in [4.78, 5) is 29.3. The van der Waals surface area contributed by atoms with Crippen LogP contribution in [0.25, 0.3) is 0 Å². The first kappa shape index (κ1) is 33.9. The van der Waals surface area contributed by atoms with Crippen molar-refractivity contribution in [3.8, 4) is 5.75 Å². The fraction of sp³-hybridized carbons (Fsp3) is 0.394. The third-order valence-electron chi connectivity index (χ3n) is 7.45. The zero-order chi connectivity index (χ0) is 31.6. The summed E-state index contributed by atoms with van der Waals surface area (Å²) in [5, 5.41) is 3.36. The molecular weight excluding hydrogens is 586 g/mol. The highest BCUT2D eigenvalue weighted by molar-refractivity contribution is 7.92. The molecule has 43 heavy (non-hydrogen) atoms. The number of nitrogens with zero attached hydrogens (tertiary/aromatic N) is 2. The molecule has 2 atom stereocenters. The molecule has 1 N–H and O–H groups in total. The van der Waals surface area contributed by atoms with Gasteiger partial charge >= 0.3 is 0 Å². The smallest absolute Gasteiger partial charge is 0.243 e. The molecule has 0 fully saturated rings. The van der Waals surface area contributed by atoms with Gasteiger partial charge in [-0.25, -0.2) is 8.42 Å². The predicted octanol–water partition coefficient (Wildman–Crippen LogP) is 5.76. The minimum absolute atomic E-state index is 0.0453. The number of hydrogen-bond donors (Lipinski definition) is 1. The second-order valence-electron chi connectivity index (χ2n) is 10.7. The molecule has 0 saturated heterocycles. The van der Waals surface area contributed by atoms with Gasteiger partial charge in [0.25, 0.3) is 0 Å². The average molecular weight is 628 g/mol. The van der Waals surface area contributed by atoms with E-state index in [9.17, 15) is 18.0 Å². The van der Waals surface area contributed by atoms with Crippen LogP contribution in [0.15, 0.2) is 72.8 Å². The van der Waals surface area contributed by atoms with Gasteiger partial charge in [-0.1, -0.05) is 73.1 Å². The normalized spacial score (nSPS) is 12.7. The van der Waals surface area contributed by atoms with Crippen LogP contribution in [0, 0.1) is 6.92 Å². The van der Waals surface area contributed by atoms with Crippen molar-refractivity contribution in [2.45, 2.75) is 65.1 Å². The third kappa shape index (κ3) is 9.73. The molecule has 0 aromatic heterocycles. The van der Waals surface area contributed by atoms with Crippen LogP contribution in [-0.4, -0.2) is 57.1 Å². The van der Waals surface area contributed by atoms with Gasteiger partial charge in [0.15, 0.2) is 0 Å². The molecule has 3 rings (SSSR count). The Labute approximate surface area is 261 Å². The lowest BCUT2D eigenvalue weighted by Crippen LogP contribution is -2.52. The van der Waals surface area contributed by atoms with Gasteiger partial charge in [0.1, 0.15) is 11.8 Å². The lowest BCUT2D eigenvalue weighted by atomic mass is 10.0. The van der Waals surface area contributed by atoms with Crippen molar-refractivity contribution in [3.63, 3.8) is 0 Å². The molecule has 8 nitrogen and oxygen atoms in total. The maximum absolute atomic E-state index is 14.0. The monoisotopic (exact) mass is 627 g/mol. The number of anilines is 1. The topological polar surface area (TPSA) is 96.0 Å². The van der Waals surface area contributed by atoms with E-state index in [1.54, 1.807) is 17.0 Å². The van der Waals surface area contributed by atoms with E-state index in [0.29, 0.717) is 17.9 Å². The minimum atomic E-state index is -3.67. The molecule has 0 heterocycles. The molecule has 0 bridgehead atoms. The molecule has 0 aliphatic rings.